The number of hydrogen-bond acceptors (Lipinski definition) is 2. The molecular weight excluding hydrogens is 252 g/mol. The van der Waals surface area contributed by atoms with E-state index in [0.29, 0.717) is 12.8 Å². The van der Waals surface area contributed by atoms with E-state index < -0.39 is 0 Å². The van der Waals surface area contributed by atoms with Crippen LogP contribution in [-0.4, -0.2) is 29.8 Å². The predicted octanol–water partition coefficient (Wildman–Crippen LogP) is 2.37. The van der Waals surface area contributed by atoms with Gasteiger partial charge >= 0.3 is 0 Å². The summed E-state index contributed by atoms with van der Waals surface area (Å²) in [7, 11) is 1.70. The summed E-state index contributed by atoms with van der Waals surface area (Å²) in [6.45, 7) is 4.16. The van der Waals surface area contributed by atoms with Gasteiger partial charge in [-0.25, -0.2) is 0 Å². The van der Waals surface area contributed by atoms with Crippen LogP contribution in [-0.2, 0) is 22.4 Å². The summed E-state index contributed by atoms with van der Waals surface area (Å²) in [6.07, 6.45) is 2.83. The first-order valence-electron chi connectivity index (χ1n) is 7.25. The van der Waals surface area contributed by atoms with Crippen molar-refractivity contribution in [3.8, 4) is 0 Å². The second kappa shape index (κ2) is 6.07. The van der Waals surface area contributed by atoms with E-state index in [2.05, 4.69) is 19.2 Å². The van der Waals surface area contributed by atoms with E-state index in [1.165, 1.54) is 0 Å². The van der Waals surface area contributed by atoms with Gasteiger partial charge in [0.25, 0.3) is 0 Å². The fourth-order valence-electron chi connectivity index (χ4n) is 2.72. The molecule has 1 unspecified atom stereocenters. The smallest absolute Gasteiger partial charge is 0.247 e. The minimum absolute atomic E-state index is 0.0460. The van der Waals surface area contributed by atoms with Crippen molar-refractivity contribution in [2.45, 2.75) is 45.6 Å². The lowest BCUT2D eigenvalue weighted by molar-refractivity contribution is -0.131. The average Bonchev–Trinajstić information content (AvgIpc) is 2.79. The second-order valence-corrected chi connectivity index (χ2v) is 5.21. The highest BCUT2D eigenvalue weighted by atomic mass is 16.2. The minimum atomic E-state index is -0.336. The van der Waals surface area contributed by atoms with Gasteiger partial charge in [-0.1, -0.05) is 32.0 Å². The maximum Gasteiger partial charge on any atom is 0.247 e. The molecule has 1 fully saturated rings. The SMILES string of the molecule is CCc1cccc(CC)c1NC(=O)C1CCC(=O)N1C. The molecule has 1 saturated heterocycles. The maximum atomic E-state index is 12.4. The van der Waals surface area contributed by atoms with Crippen LogP contribution in [0.15, 0.2) is 18.2 Å². The van der Waals surface area contributed by atoms with Crippen LogP contribution in [0.4, 0.5) is 5.69 Å². The van der Waals surface area contributed by atoms with Crippen molar-refractivity contribution in [2.75, 3.05) is 12.4 Å². The van der Waals surface area contributed by atoms with Crippen molar-refractivity contribution >= 4 is 17.5 Å². The number of para-hydroxylation sites is 1. The fourth-order valence-corrected chi connectivity index (χ4v) is 2.72. The van der Waals surface area contributed by atoms with Gasteiger partial charge in [-0.05, 0) is 30.4 Å². The van der Waals surface area contributed by atoms with Crippen molar-refractivity contribution in [1.29, 1.82) is 0 Å². The average molecular weight is 274 g/mol. The molecule has 1 aromatic rings. The molecule has 4 nitrogen and oxygen atoms in total. The normalized spacial score (nSPS) is 18.4. The number of benzene rings is 1. The number of nitrogens with one attached hydrogen (secondary N) is 1. The van der Waals surface area contributed by atoms with Gasteiger partial charge in [0.2, 0.25) is 11.8 Å². The van der Waals surface area contributed by atoms with Crippen molar-refractivity contribution in [3.05, 3.63) is 29.3 Å². The first-order valence-corrected chi connectivity index (χ1v) is 7.25. The largest absolute Gasteiger partial charge is 0.334 e. The molecule has 2 amide bonds. The number of carbonyl (C=O) groups is 2. The summed E-state index contributed by atoms with van der Waals surface area (Å²) in [5.74, 6) is -0.0291. The molecule has 0 radical (unpaired) electrons. The van der Waals surface area contributed by atoms with Crippen LogP contribution in [0.5, 0.6) is 0 Å². The Bertz CT molecular complexity index is 503. The van der Waals surface area contributed by atoms with Crippen LogP contribution < -0.4 is 5.32 Å². The molecule has 1 atom stereocenters. The van der Waals surface area contributed by atoms with Crippen LogP contribution in [0.1, 0.15) is 37.8 Å². The predicted molar refractivity (Wildman–Crippen MR) is 79.6 cm³/mol. The summed E-state index contributed by atoms with van der Waals surface area (Å²) in [6, 6.07) is 5.77. The highest BCUT2D eigenvalue weighted by molar-refractivity contribution is 5.99. The lowest BCUT2D eigenvalue weighted by atomic mass is 10.0. The summed E-state index contributed by atoms with van der Waals surface area (Å²) in [4.78, 5) is 25.5. The maximum absolute atomic E-state index is 12.4. The Hall–Kier alpha value is -1.84. The highest BCUT2D eigenvalue weighted by Gasteiger charge is 2.33. The molecular formula is C16H22N2O2. The molecule has 1 aromatic carbocycles. The van der Waals surface area contributed by atoms with E-state index >= 15 is 0 Å². The number of carbonyl (C=O) groups excluding carboxylic acids is 2. The van der Waals surface area contributed by atoms with Crippen LogP contribution in [0.2, 0.25) is 0 Å². The second-order valence-electron chi connectivity index (χ2n) is 5.21. The molecule has 0 aromatic heterocycles. The number of likely N-dealkylation sites (N-methyl/N-ethyl adjacent to an activating group) is 1. The van der Waals surface area contributed by atoms with Crippen LogP contribution in [0, 0.1) is 0 Å². The van der Waals surface area contributed by atoms with E-state index in [1.807, 2.05) is 18.2 Å². The molecule has 1 N–H and O–H groups in total. The zero-order chi connectivity index (χ0) is 14.7. The highest BCUT2D eigenvalue weighted by Crippen LogP contribution is 2.24. The Morgan fingerprint density at radius 1 is 1.30 bits per heavy atom. The zero-order valence-corrected chi connectivity index (χ0v) is 12.4. The van der Waals surface area contributed by atoms with Gasteiger partial charge in [0.15, 0.2) is 0 Å². The Balaban J connectivity index is 2.21. The lowest BCUT2D eigenvalue weighted by Gasteiger charge is -2.21. The first kappa shape index (κ1) is 14.6. The van der Waals surface area contributed by atoms with Crippen LogP contribution in [0.25, 0.3) is 0 Å². The summed E-state index contributed by atoms with van der Waals surface area (Å²) in [5.41, 5.74) is 3.21. The van der Waals surface area contributed by atoms with Crippen molar-refractivity contribution in [1.82, 2.24) is 4.90 Å². The molecule has 0 aliphatic carbocycles. The van der Waals surface area contributed by atoms with Gasteiger partial charge in [0.1, 0.15) is 6.04 Å². The summed E-state index contributed by atoms with van der Waals surface area (Å²) in [5, 5.41) is 3.04. The van der Waals surface area contributed by atoms with E-state index in [9.17, 15) is 9.59 Å². The van der Waals surface area contributed by atoms with Crippen molar-refractivity contribution in [2.24, 2.45) is 0 Å². The quantitative estimate of drug-likeness (QED) is 0.916. The molecule has 1 aliphatic heterocycles. The van der Waals surface area contributed by atoms with Crippen molar-refractivity contribution < 1.29 is 9.59 Å². The van der Waals surface area contributed by atoms with E-state index in [-0.39, 0.29) is 17.9 Å². The van der Waals surface area contributed by atoms with Gasteiger partial charge in [-0.15, -0.1) is 0 Å². The van der Waals surface area contributed by atoms with Gasteiger partial charge < -0.3 is 10.2 Å². The van der Waals surface area contributed by atoms with E-state index in [0.717, 1.165) is 29.7 Å². The fraction of sp³-hybridized carbons (Fsp3) is 0.500. The van der Waals surface area contributed by atoms with Crippen LogP contribution in [0.3, 0.4) is 0 Å². The Labute approximate surface area is 120 Å². The number of hydrogen-bond donors (Lipinski definition) is 1. The zero-order valence-electron chi connectivity index (χ0n) is 12.4. The lowest BCUT2D eigenvalue weighted by Crippen LogP contribution is -2.39. The van der Waals surface area contributed by atoms with Gasteiger partial charge in [0, 0.05) is 19.2 Å². The van der Waals surface area contributed by atoms with Gasteiger partial charge in [0.05, 0.1) is 0 Å². The molecule has 0 saturated carbocycles. The molecule has 0 bridgehead atoms. The van der Waals surface area contributed by atoms with E-state index in [4.69, 9.17) is 0 Å². The molecule has 4 heteroatoms. The Morgan fingerprint density at radius 2 is 1.90 bits per heavy atom. The van der Waals surface area contributed by atoms with Gasteiger partial charge in [-0.2, -0.15) is 0 Å². The summed E-state index contributed by atoms with van der Waals surface area (Å²) < 4.78 is 0. The molecule has 0 spiro atoms. The standard InChI is InChI=1S/C16H22N2O2/c1-4-11-7-6-8-12(5-2)15(11)17-16(20)13-9-10-14(19)18(13)3/h6-8,13H,4-5,9-10H2,1-3H3,(H,17,20). The molecule has 20 heavy (non-hydrogen) atoms. The topological polar surface area (TPSA) is 49.4 Å². The Kier molecular flexibility index (Phi) is 4.42. The molecule has 2 rings (SSSR count). The van der Waals surface area contributed by atoms with Crippen molar-refractivity contribution in [3.63, 3.8) is 0 Å². The van der Waals surface area contributed by atoms with Gasteiger partial charge in [-0.3, -0.25) is 9.59 Å². The molecule has 1 aliphatic rings. The number of nitrogens with zero attached hydrogens (tertiary/aromatic N) is 1. The third-order valence-corrected chi connectivity index (χ3v) is 4.04. The number of anilines is 1. The summed E-state index contributed by atoms with van der Waals surface area (Å²) >= 11 is 0. The Morgan fingerprint density at radius 3 is 2.35 bits per heavy atom. The molecule has 1 heterocycles. The van der Waals surface area contributed by atoms with E-state index in [1.54, 1.807) is 11.9 Å². The number of likely N-dealkylation sites (tertiary alicyclic amines) is 1. The minimum Gasteiger partial charge on any atom is -0.334 e. The number of amides is 2. The molecule has 108 valence electrons. The first-order chi connectivity index (χ1) is 9.58. The third-order valence-electron chi connectivity index (χ3n) is 4.04. The number of aryl methyl sites for hydroxylation is 2. The monoisotopic (exact) mass is 274 g/mol. The van der Waals surface area contributed by atoms with Crippen LogP contribution >= 0.6 is 0 Å². The number of rotatable bonds is 4. The third kappa shape index (κ3) is 2.69.